The number of carbonyl (C=O) groups is 2. The smallest absolute Gasteiger partial charge is 0.340 e. The minimum absolute atomic E-state index is 0.0432. The fourth-order valence-electron chi connectivity index (χ4n) is 11.6. The Hall–Kier alpha value is -2.08. The number of anilines is 1. The van der Waals surface area contributed by atoms with Gasteiger partial charge in [-0.1, -0.05) is 19.1 Å². The van der Waals surface area contributed by atoms with E-state index in [1.807, 2.05) is 0 Å². The summed E-state index contributed by atoms with van der Waals surface area (Å²) in [5.74, 6) is -1.54. The number of likely N-dealkylation sites (tertiary alicyclic amines) is 1. The molecule has 1 aromatic rings. The summed E-state index contributed by atoms with van der Waals surface area (Å²) in [6.45, 7) is 4.79. The van der Waals surface area contributed by atoms with Crippen molar-refractivity contribution in [2.24, 2.45) is 29.1 Å². The Balaban J connectivity index is 1.38. The average molecular weight is 585 g/mol. The summed E-state index contributed by atoms with van der Waals surface area (Å²) in [6.07, 6.45) is 1.91. The van der Waals surface area contributed by atoms with Gasteiger partial charge >= 0.3 is 5.97 Å². The second-order valence-electron chi connectivity index (χ2n) is 13.7. The third-order valence-electron chi connectivity index (χ3n) is 12.6. The van der Waals surface area contributed by atoms with Crippen LogP contribution in [0.3, 0.4) is 0 Å². The molecule has 6 aliphatic rings. The van der Waals surface area contributed by atoms with Crippen LogP contribution >= 0.6 is 0 Å². The molecule has 0 unspecified atom stereocenters. The van der Waals surface area contributed by atoms with E-state index in [1.165, 1.54) is 6.92 Å². The second kappa shape index (κ2) is 9.46. The fourth-order valence-corrected chi connectivity index (χ4v) is 11.6. The molecule has 1 aliphatic heterocycles. The number of benzene rings is 1. The number of piperidine rings is 1. The Kier molecular flexibility index (Phi) is 6.46. The van der Waals surface area contributed by atoms with Crippen molar-refractivity contribution in [1.82, 2.24) is 4.90 Å². The lowest BCUT2D eigenvalue weighted by Gasteiger charge is -2.70. The zero-order chi connectivity index (χ0) is 29.8. The zero-order valence-electron chi connectivity index (χ0n) is 25.2. The first kappa shape index (κ1) is 28.7. The number of hydrogen-bond acceptors (Lipinski definition) is 9. The largest absolute Gasteiger partial charge is 0.454 e. The molecule has 5 aliphatic carbocycles. The van der Waals surface area contributed by atoms with Crippen LogP contribution in [0.1, 0.15) is 56.3 Å². The number of carbonyl (C=O) groups excluding carboxylic acids is 2. The average Bonchev–Trinajstić information content (AvgIpc) is 3.39. The van der Waals surface area contributed by atoms with Gasteiger partial charge in [0.15, 0.2) is 0 Å². The highest BCUT2D eigenvalue weighted by atomic mass is 16.6. The molecule has 1 spiro atoms. The van der Waals surface area contributed by atoms with Crippen LogP contribution < -0.4 is 5.32 Å². The number of nitrogens with zero attached hydrogens (tertiary/aromatic N) is 1. The van der Waals surface area contributed by atoms with Crippen LogP contribution in [0.15, 0.2) is 24.3 Å². The van der Waals surface area contributed by atoms with E-state index in [0.717, 1.165) is 0 Å². The molecule has 6 fully saturated rings. The van der Waals surface area contributed by atoms with Crippen LogP contribution in [0.5, 0.6) is 0 Å². The molecule has 1 saturated heterocycles. The number of amides is 1. The summed E-state index contributed by atoms with van der Waals surface area (Å²) in [4.78, 5) is 28.3. The van der Waals surface area contributed by atoms with Crippen molar-refractivity contribution >= 4 is 17.6 Å². The molecule has 42 heavy (non-hydrogen) atoms. The molecule has 7 bridgehead atoms. The lowest BCUT2D eigenvalue weighted by atomic mass is 9.44. The first-order valence-corrected chi connectivity index (χ1v) is 15.4. The van der Waals surface area contributed by atoms with E-state index in [2.05, 4.69) is 17.1 Å². The van der Waals surface area contributed by atoms with Gasteiger partial charge < -0.3 is 34.5 Å². The number of esters is 1. The molecule has 0 aromatic heterocycles. The number of hydrogen-bond donors (Lipinski definition) is 3. The van der Waals surface area contributed by atoms with Crippen molar-refractivity contribution < 1.29 is 38.7 Å². The minimum Gasteiger partial charge on any atom is -0.454 e. The summed E-state index contributed by atoms with van der Waals surface area (Å²) < 4.78 is 25.1. The molecule has 0 radical (unpaired) electrons. The first-order chi connectivity index (χ1) is 20.1. The molecule has 1 heterocycles. The van der Waals surface area contributed by atoms with Crippen LogP contribution in [-0.2, 0) is 23.7 Å². The maximum absolute atomic E-state index is 14.0. The molecule has 7 rings (SSSR count). The molecule has 10 heteroatoms. The molecule has 10 nitrogen and oxygen atoms in total. The van der Waals surface area contributed by atoms with E-state index in [1.54, 1.807) is 45.6 Å². The molecule has 3 N–H and O–H groups in total. The Morgan fingerprint density at radius 3 is 2.50 bits per heavy atom. The van der Waals surface area contributed by atoms with Crippen molar-refractivity contribution in [2.75, 3.05) is 39.7 Å². The van der Waals surface area contributed by atoms with Crippen molar-refractivity contribution in [1.29, 1.82) is 0 Å². The fraction of sp³-hybridized carbons (Fsp3) is 0.750. The number of ether oxygens (including phenoxy) is 4. The van der Waals surface area contributed by atoms with Crippen molar-refractivity contribution in [3.8, 4) is 0 Å². The number of nitrogens with one attached hydrogen (secondary N) is 1. The van der Waals surface area contributed by atoms with Crippen molar-refractivity contribution in [3.63, 3.8) is 0 Å². The van der Waals surface area contributed by atoms with Crippen LogP contribution in [0, 0.1) is 29.1 Å². The molecule has 1 amide bonds. The van der Waals surface area contributed by atoms with Crippen molar-refractivity contribution in [3.05, 3.63) is 29.8 Å². The summed E-state index contributed by atoms with van der Waals surface area (Å²) in [5.41, 5.74) is -3.57. The van der Waals surface area contributed by atoms with E-state index in [4.69, 9.17) is 18.9 Å². The number of fused-ring (bicyclic) bond motifs is 2. The van der Waals surface area contributed by atoms with Crippen LogP contribution in [-0.4, -0.2) is 103 Å². The van der Waals surface area contributed by atoms with Gasteiger partial charge in [-0.3, -0.25) is 9.69 Å². The van der Waals surface area contributed by atoms with Crippen LogP contribution in [0.25, 0.3) is 0 Å². The van der Waals surface area contributed by atoms with Gasteiger partial charge in [0.05, 0.1) is 29.6 Å². The normalized spacial score (nSPS) is 48.2. The zero-order valence-corrected chi connectivity index (χ0v) is 25.2. The minimum atomic E-state index is -1.48. The monoisotopic (exact) mass is 584 g/mol. The first-order valence-electron chi connectivity index (χ1n) is 15.4. The lowest BCUT2D eigenvalue weighted by molar-refractivity contribution is -0.337. The van der Waals surface area contributed by atoms with E-state index < -0.39 is 34.3 Å². The number of likely N-dealkylation sites (N-methyl/N-ethyl adjacent to an activating group) is 1. The summed E-state index contributed by atoms with van der Waals surface area (Å²) in [5, 5.41) is 28.4. The van der Waals surface area contributed by atoms with Gasteiger partial charge in [0, 0.05) is 76.3 Å². The Morgan fingerprint density at radius 2 is 1.83 bits per heavy atom. The predicted molar refractivity (Wildman–Crippen MR) is 152 cm³/mol. The highest BCUT2D eigenvalue weighted by Crippen LogP contribution is 2.79. The number of rotatable bonds is 7. The molecular weight excluding hydrogens is 540 g/mol. The SMILES string of the molecule is CCN1C[C@@]2(OC(=O)c3ccccc3NC(C)=O)CC[C@H](OC)[C@]34[C@H]5C[C@@H]6[C@@H](OC)C[C@@](O)([C@H](C[C@@H]23)[C@@H]14)[C@]5(O)[C@H]6OC. The van der Waals surface area contributed by atoms with Crippen LogP contribution in [0.4, 0.5) is 5.69 Å². The predicted octanol–water partition coefficient (Wildman–Crippen LogP) is 2.22. The Labute approximate surface area is 247 Å². The highest BCUT2D eigenvalue weighted by molar-refractivity contribution is 6.00. The summed E-state index contributed by atoms with van der Waals surface area (Å²) in [6, 6.07) is 6.89. The molecule has 12 atom stereocenters. The van der Waals surface area contributed by atoms with Gasteiger partial charge in [0.2, 0.25) is 5.91 Å². The maximum Gasteiger partial charge on any atom is 0.340 e. The second-order valence-corrected chi connectivity index (χ2v) is 13.7. The molecule has 1 aromatic carbocycles. The maximum atomic E-state index is 14.0. The summed E-state index contributed by atoms with van der Waals surface area (Å²) >= 11 is 0. The third kappa shape index (κ3) is 3.21. The van der Waals surface area contributed by atoms with Gasteiger partial charge in [-0.2, -0.15) is 0 Å². The van der Waals surface area contributed by atoms with Gasteiger partial charge in [-0.15, -0.1) is 0 Å². The highest BCUT2D eigenvalue weighted by Gasteiger charge is 2.89. The van der Waals surface area contributed by atoms with Crippen molar-refractivity contribution in [2.45, 2.75) is 87.1 Å². The van der Waals surface area contributed by atoms with Gasteiger partial charge in [0.25, 0.3) is 0 Å². The quantitative estimate of drug-likeness (QED) is 0.414. The third-order valence-corrected chi connectivity index (χ3v) is 12.6. The van der Waals surface area contributed by atoms with E-state index in [9.17, 15) is 19.8 Å². The topological polar surface area (TPSA) is 127 Å². The van der Waals surface area contributed by atoms with E-state index in [0.29, 0.717) is 56.4 Å². The lowest BCUT2D eigenvalue weighted by Crippen LogP contribution is -2.83. The van der Waals surface area contributed by atoms with Gasteiger partial charge in [0.1, 0.15) is 16.8 Å². The van der Waals surface area contributed by atoms with Crippen LogP contribution in [0.2, 0.25) is 0 Å². The van der Waals surface area contributed by atoms with E-state index >= 15 is 0 Å². The number of methoxy groups -OCH3 is 3. The molecular formula is C32H44N2O8. The molecule has 230 valence electrons. The van der Waals surface area contributed by atoms with Gasteiger partial charge in [-0.05, 0) is 44.4 Å². The Bertz CT molecular complexity index is 1290. The van der Waals surface area contributed by atoms with E-state index in [-0.39, 0.29) is 47.8 Å². The molecule has 5 saturated carbocycles. The summed E-state index contributed by atoms with van der Waals surface area (Å²) in [7, 11) is 5.05. The number of aliphatic hydroxyl groups is 2. The number of para-hydroxylation sites is 1. The Morgan fingerprint density at radius 1 is 1.07 bits per heavy atom. The van der Waals surface area contributed by atoms with Gasteiger partial charge in [-0.25, -0.2) is 4.79 Å². The standard InChI is InChI=1S/C32H44N2O8/c1-6-34-16-29(42-28(36)18-9-7-8-10-21(18)33-17(2)35)12-11-25(40-4)31-23(29)14-20(26(31)34)30(37)15-22(39-3)19-13-24(31)32(30,38)27(19)41-5/h7-10,19-20,22-27,37-38H,6,11-16H2,1-5H3,(H,33,35)/t19-,20-,22+,23+,24-,25+,26-,27+,29+,30-,31-,32-/m1/s1.